The van der Waals surface area contributed by atoms with Crippen molar-refractivity contribution >= 4 is 0 Å². The lowest BCUT2D eigenvalue weighted by molar-refractivity contribution is 0.277. The molecule has 1 rings (SSSR count). The normalized spacial score (nSPS) is 13.5. The fourth-order valence-electron chi connectivity index (χ4n) is 1.53. The van der Waals surface area contributed by atoms with Gasteiger partial charge < -0.3 is 10.6 Å². The lowest BCUT2D eigenvalue weighted by atomic mass is 10.1. The summed E-state index contributed by atoms with van der Waals surface area (Å²) < 4.78 is 0. The van der Waals surface area contributed by atoms with Gasteiger partial charge in [0, 0.05) is 19.1 Å². The summed E-state index contributed by atoms with van der Waals surface area (Å²) in [6.07, 6.45) is 0. The van der Waals surface area contributed by atoms with E-state index >= 15 is 0 Å². The van der Waals surface area contributed by atoms with Crippen molar-refractivity contribution in [1.82, 2.24) is 4.90 Å². The molecule has 1 atom stereocenters. The first-order valence-electron chi connectivity index (χ1n) is 5.57. The van der Waals surface area contributed by atoms with Gasteiger partial charge in [0.1, 0.15) is 0 Å². The fraction of sp³-hybridized carbons (Fsp3) is 0.538. The Balaban J connectivity index is 2.39. The second-order valence-electron chi connectivity index (χ2n) is 4.59. The summed E-state index contributed by atoms with van der Waals surface area (Å²) >= 11 is 0. The lowest BCUT2D eigenvalue weighted by Crippen LogP contribution is -2.38. The van der Waals surface area contributed by atoms with Crippen LogP contribution in [0.1, 0.15) is 19.4 Å². The molecule has 84 valence electrons. The molecule has 2 heteroatoms. The van der Waals surface area contributed by atoms with Crippen molar-refractivity contribution < 1.29 is 0 Å². The number of nitrogens with zero attached hydrogens (tertiary/aromatic N) is 1. The second-order valence-corrected chi connectivity index (χ2v) is 4.59. The van der Waals surface area contributed by atoms with Crippen molar-refractivity contribution in [3.8, 4) is 0 Å². The van der Waals surface area contributed by atoms with E-state index in [9.17, 15) is 0 Å². The lowest BCUT2D eigenvalue weighted by Gasteiger charge is -2.23. The molecule has 0 aliphatic heterocycles. The van der Waals surface area contributed by atoms with Crippen molar-refractivity contribution in [2.45, 2.75) is 26.4 Å². The zero-order valence-corrected chi connectivity index (χ0v) is 9.98. The van der Waals surface area contributed by atoms with Gasteiger partial charge in [-0.15, -0.1) is 0 Å². The molecular formula is C13H22N2. The van der Waals surface area contributed by atoms with Gasteiger partial charge in [-0.3, -0.25) is 0 Å². The van der Waals surface area contributed by atoms with E-state index < -0.39 is 0 Å². The quantitative estimate of drug-likeness (QED) is 0.799. The third-order valence-electron chi connectivity index (χ3n) is 2.67. The summed E-state index contributed by atoms with van der Waals surface area (Å²) in [6, 6.07) is 10.8. The smallest absolute Gasteiger partial charge is 0.0231 e. The Morgan fingerprint density at radius 3 is 2.33 bits per heavy atom. The van der Waals surface area contributed by atoms with Gasteiger partial charge in [0.2, 0.25) is 0 Å². The van der Waals surface area contributed by atoms with Gasteiger partial charge in [-0.25, -0.2) is 0 Å². The molecule has 1 aromatic carbocycles. The van der Waals surface area contributed by atoms with Gasteiger partial charge in [-0.2, -0.15) is 0 Å². The topological polar surface area (TPSA) is 29.3 Å². The van der Waals surface area contributed by atoms with Gasteiger partial charge in [0.15, 0.2) is 0 Å². The molecule has 1 unspecified atom stereocenters. The van der Waals surface area contributed by atoms with Crippen LogP contribution in [-0.4, -0.2) is 24.5 Å². The summed E-state index contributed by atoms with van der Waals surface area (Å²) in [5.74, 6) is 0.545. The Hall–Kier alpha value is -0.860. The summed E-state index contributed by atoms with van der Waals surface area (Å²) in [6.45, 7) is 6.26. The van der Waals surface area contributed by atoms with Crippen LogP contribution in [-0.2, 0) is 6.54 Å². The number of hydrogen-bond donors (Lipinski definition) is 1. The molecule has 0 saturated carbocycles. The highest BCUT2D eigenvalue weighted by Gasteiger charge is 2.10. The van der Waals surface area contributed by atoms with Gasteiger partial charge in [-0.1, -0.05) is 44.2 Å². The van der Waals surface area contributed by atoms with E-state index in [0.717, 1.165) is 13.1 Å². The molecule has 15 heavy (non-hydrogen) atoms. The van der Waals surface area contributed by atoms with Crippen LogP contribution in [0.4, 0.5) is 0 Å². The molecule has 0 spiro atoms. The fourth-order valence-corrected chi connectivity index (χ4v) is 1.53. The van der Waals surface area contributed by atoms with Gasteiger partial charge in [0.25, 0.3) is 0 Å². The van der Waals surface area contributed by atoms with Crippen LogP contribution < -0.4 is 5.73 Å². The minimum Gasteiger partial charge on any atom is -0.326 e. The number of rotatable bonds is 5. The monoisotopic (exact) mass is 206 g/mol. The van der Waals surface area contributed by atoms with E-state index in [1.165, 1.54) is 5.56 Å². The first-order chi connectivity index (χ1) is 7.09. The van der Waals surface area contributed by atoms with E-state index in [4.69, 9.17) is 5.73 Å². The van der Waals surface area contributed by atoms with Gasteiger partial charge in [0.05, 0.1) is 0 Å². The molecule has 0 bridgehead atoms. The summed E-state index contributed by atoms with van der Waals surface area (Å²) in [5.41, 5.74) is 7.37. The van der Waals surface area contributed by atoms with Crippen LogP contribution in [0.5, 0.6) is 0 Å². The second kappa shape index (κ2) is 5.89. The molecule has 0 radical (unpaired) electrons. The van der Waals surface area contributed by atoms with Gasteiger partial charge >= 0.3 is 0 Å². The third kappa shape index (κ3) is 4.45. The van der Waals surface area contributed by atoms with E-state index in [1.807, 2.05) is 6.07 Å². The predicted octanol–water partition coefficient (Wildman–Crippen LogP) is 2.10. The average molecular weight is 206 g/mol. The van der Waals surface area contributed by atoms with Crippen LogP contribution in [0.25, 0.3) is 0 Å². The highest BCUT2D eigenvalue weighted by atomic mass is 15.1. The van der Waals surface area contributed by atoms with E-state index in [2.05, 4.69) is 50.1 Å². The molecule has 0 aliphatic carbocycles. The van der Waals surface area contributed by atoms with Crippen molar-refractivity contribution in [1.29, 1.82) is 0 Å². The molecule has 2 nitrogen and oxygen atoms in total. The highest BCUT2D eigenvalue weighted by Crippen LogP contribution is 2.05. The molecule has 0 saturated heterocycles. The molecule has 1 aromatic rings. The molecule has 0 aliphatic rings. The van der Waals surface area contributed by atoms with Gasteiger partial charge in [-0.05, 0) is 18.5 Å². The van der Waals surface area contributed by atoms with Crippen LogP contribution in [0.15, 0.2) is 30.3 Å². The molecule has 0 aromatic heterocycles. The summed E-state index contributed by atoms with van der Waals surface area (Å²) in [4.78, 5) is 2.28. The van der Waals surface area contributed by atoms with Crippen molar-refractivity contribution in [3.63, 3.8) is 0 Å². The summed E-state index contributed by atoms with van der Waals surface area (Å²) in [7, 11) is 2.12. The Morgan fingerprint density at radius 1 is 1.20 bits per heavy atom. The van der Waals surface area contributed by atoms with E-state index in [1.54, 1.807) is 0 Å². The largest absolute Gasteiger partial charge is 0.326 e. The first-order valence-corrected chi connectivity index (χ1v) is 5.57. The summed E-state index contributed by atoms with van der Waals surface area (Å²) in [5, 5.41) is 0. The minimum absolute atomic E-state index is 0.263. The number of benzene rings is 1. The molecule has 0 fully saturated rings. The minimum atomic E-state index is 0.263. The Kier molecular flexibility index (Phi) is 4.79. The third-order valence-corrected chi connectivity index (χ3v) is 2.67. The zero-order valence-electron chi connectivity index (χ0n) is 9.98. The zero-order chi connectivity index (χ0) is 11.3. The first kappa shape index (κ1) is 12.2. The van der Waals surface area contributed by atoms with E-state index in [-0.39, 0.29) is 6.04 Å². The van der Waals surface area contributed by atoms with Crippen LogP contribution in [0.3, 0.4) is 0 Å². The van der Waals surface area contributed by atoms with E-state index in [0.29, 0.717) is 5.92 Å². The highest BCUT2D eigenvalue weighted by molar-refractivity contribution is 5.14. The maximum absolute atomic E-state index is 6.03. The Labute approximate surface area is 93.1 Å². The maximum Gasteiger partial charge on any atom is 0.0231 e. The number of nitrogens with two attached hydrogens (primary N) is 1. The molecule has 0 heterocycles. The Bertz CT molecular complexity index is 269. The molecule has 2 N–H and O–H groups in total. The van der Waals surface area contributed by atoms with Crippen LogP contribution in [0.2, 0.25) is 0 Å². The Morgan fingerprint density at radius 2 is 1.80 bits per heavy atom. The SMILES string of the molecule is CC(C)C(N)CN(C)Cc1ccccc1. The predicted molar refractivity (Wildman–Crippen MR) is 65.6 cm³/mol. The number of hydrogen-bond acceptors (Lipinski definition) is 2. The van der Waals surface area contributed by atoms with Crippen molar-refractivity contribution in [2.75, 3.05) is 13.6 Å². The maximum atomic E-state index is 6.03. The average Bonchev–Trinajstić information content (AvgIpc) is 2.18. The van der Waals surface area contributed by atoms with Crippen molar-refractivity contribution in [3.05, 3.63) is 35.9 Å². The van der Waals surface area contributed by atoms with Crippen LogP contribution in [0, 0.1) is 5.92 Å². The van der Waals surface area contributed by atoms with Crippen molar-refractivity contribution in [2.24, 2.45) is 11.7 Å². The standard InChI is InChI=1S/C13H22N2/c1-11(2)13(14)10-15(3)9-12-7-5-4-6-8-12/h4-8,11,13H,9-10,14H2,1-3H3. The molecular weight excluding hydrogens is 184 g/mol. The number of likely N-dealkylation sites (N-methyl/N-ethyl adjacent to an activating group) is 1. The van der Waals surface area contributed by atoms with Crippen LogP contribution >= 0.6 is 0 Å². The molecule has 0 amide bonds.